The number of fused-ring (bicyclic) bond motifs is 2. The number of cyclic esters (lactones) is 1. The Labute approximate surface area is 188 Å². The number of hydrogen-bond donors (Lipinski definition) is 2. The van der Waals surface area contributed by atoms with E-state index >= 15 is 0 Å². The minimum absolute atomic E-state index is 0.0676. The van der Waals surface area contributed by atoms with Crippen molar-refractivity contribution in [2.24, 2.45) is 0 Å². The molecule has 1 atom stereocenters. The van der Waals surface area contributed by atoms with Gasteiger partial charge in [-0.1, -0.05) is 12.1 Å². The summed E-state index contributed by atoms with van der Waals surface area (Å²) in [6, 6.07) is 10.1. The van der Waals surface area contributed by atoms with Gasteiger partial charge in [-0.25, -0.2) is 9.78 Å². The van der Waals surface area contributed by atoms with E-state index in [4.69, 9.17) is 9.47 Å². The predicted octanol–water partition coefficient (Wildman–Crippen LogP) is 1.01. The van der Waals surface area contributed by atoms with Gasteiger partial charge in [0.15, 0.2) is 18.2 Å². The second kappa shape index (κ2) is 8.51. The number of amides is 4. The summed E-state index contributed by atoms with van der Waals surface area (Å²) in [6.45, 7) is 1.48. The number of rotatable bonds is 7. The summed E-state index contributed by atoms with van der Waals surface area (Å²) in [5.74, 6) is 0.223. The third kappa shape index (κ3) is 3.98. The molecule has 0 saturated carbocycles. The van der Waals surface area contributed by atoms with Crippen LogP contribution in [0.1, 0.15) is 27.1 Å². The highest BCUT2D eigenvalue weighted by molar-refractivity contribution is 6.21. The van der Waals surface area contributed by atoms with Crippen LogP contribution < -0.4 is 20.3 Å². The molecule has 0 radical (unpaired) electrons. The Morgan fingerprint density at radius 1 is 1.03 bits per heavy atom. The molecular formula is C22H21N5O6. The molecule has 1 saturated heterocycles. The van der Waals surface area contributed by atoms with Crippen LogP contribution in [0.25, 0.3) is 0 Å². The summed E-state index contributed by atoms with van der Waals surface area (Å²) in [5, 5.41) is 5.80. The number of nitrogens with one attached hydrogen (secondary N) is 2. The van der Waals surface area contributed by atoms with E-state index in [1.54, 1.807) is 36.4 Å². The molecule has 0 aliphatic carbocycles. The molecule has 2 N–H and O–H groups in total. The zero-order chi connectivity index (χ0) is 22.9. The molecule has 11 nitrogen and oxygen atoms in total. The molecule has 4 amide bonds. The van der Waals surface area contributed by atoms with E-state index in [0.29, 0.717) is 48.7 Å². The van der Waals surface area contributed by atoms with Gasteiger partial charge in [-0.2, -0.15) is 0 Å². The van der Waals surface area contributed by atoms with E-state index in [0.717, 1.165) is 0 Å². The smallest absolute Gasteiger partial charge is 0.415 e. The second-order valence-electron chi connectivity index (χ2n) is 7.82. The van der Waals surface area contributed by atoms with Crippen LogP contribution in [0.5, 0.6) is 5.75 Å². The summed E-state index contributed by atoms with van der Waals surface area (Å²) in [4.78, 5) is 55.5. The third-order valence-corrected chi connectivity index (χ3v) is 5.64. The Balaban J connectivity index is 1.09. The molecule has 0 bridgehead atoms. The maximum absolute atomic E-state index is 12.4. The molecule has 3 aliphatic rings. The van der Waals surface area contributed by atoms with Crippen LogP contribution in [0.3, 0.4) is 0 Å². The predicted molar refractivity (Wildman–Crippen MR) is 115 cm³/mol. The summed E-state index contributed by atoms with van der Waals surface area (Å²) >= 11 is 0. The van der Waals surface area contributed by atoms with Crippen molar-refractivity contribution in [3.63, 3.8) is 0 Å². The van der Waals surface area contributed by atoms with E-state index in [-0.39, 0.29) is 42.8 Å². The van der Waals surface area contributed by atoms with E-state index in [1.165, 1.54) is 9.80 Å². The normalized spacial score (nSPS) is 19.2. The lowest BCUT2D eigenvalue weighted by Crippen LogP contribution is -2.37. The van der Waals surface area contributed by atoms with Gasteiger partial charge in [0.2, 0.25) is 0 Å². The molecule has 0 spiro atoms. The molecule has 33 heavy (non-hydrogen) atoms. The monoisotopic (exact) mass is 451 g/mol. The van der Waals surface area contributed by atoms with Gasteiger partial charge in [-0.15, -0.1) is 0 Å². The lowest BCUT2D eigenvalue weighted by atomic mass is 10.1. The first-order valence-corrected chi connectivity index (χ1v) is 10.6. The highest BCUT2D eigenvalue weighted by Crippen LogP contribution is 2.30. The molecule has 1 fully saturated rings. The number of hydrogen-bond acceptors (Lipinski definition) is 8. The number of benzene rings is 1. The van der Waals surface area contributed by atoms with Crippen LogP contribution in [0.15, 0.2) is 36.4 Å². The maximum atomic E-state index is 12.4. The Bertz CT molecular complexity index is 1120. The first-order valence-electron chi connectivity index (χ1n) is 10.6. The molecule has 3 aliphatic heterocycles. The van der Waals surface area contributed by atoms with E-state index in [2.05, 4.69) is 15.6 Å². The highest BCUT2D eigenvalue weighted by Gasteiger charge is 2.35. The number of ether oxygens (including phenoxy) is 2. The van der Waals surface area contributed by atoms with Gasteiger partial charge in [0.1, 0.15) is 11.9 Å². The molecule has 170 valence electrons. The van der Waals surface area contributed by atoms with Crippen molar-refractivity contribution >= 4 is 35.5 Å². The fourth-order valence-corrected chi connectivity index (χ4v) is 3.98. The Hall–Kier alpha value is -3.99. The summed E-state index contributed by atoms with van der Waals surface area (Å²) in [6.07, 6.45) is -0.302. The average Bonchev–Trinajstić information content (AvgIpc) is 3.30. The number of carbonyl (C=O) groups excluding carboxylic acids is 4. The number of anilines is 2. The van der Waals surface area contributed by atoms with Crippen molar-refractivity contribution in [2.75, 3.05) is 43.0 Å². The highest BCUT2D eigenvalue weighted by atomic mass is 16.6. The molecule has 4 heterocycles. The van der Waals surface area contributed by atoms with Crippen molar-refractivity contribution in [1.29, 1.82) is 0 Å². The lowest BCUT2D eigenvalue weighted by Gasteiger charge is -2.19. The van der Waals surface area contributed by atoms with E-state index in [9.17, 15) is 19.2 Å². The molecule has 11 heteroatoms. The molecule has 1 aromatic heterocycles. The van der Waals surface area contributed by atoms with Crippen LogP contribution in [-0.4, -0.2) is 72.6 Å². The van der Waals surface area contributed by atoms with Crippen LogP contribution in [-0.2, 0) is 9.53 Å². The van der Waals surface area contributed by atoms with Crippen LogP contribution in [0.4, 0.5) is 16.4 Å². The van der Waals surface area contributed by atoms with Crippen molar-refractivity contribution in [3.05, 3.63) is 47.5 Å². The van der Waals surface area contributed by atoms with E-state index in [1.807, 2.05) is 0 Å². The van der Waals surface area contributed by atoms with Crippen LogP contribution >= 0.6 is 0 Å². The minimum Gasteiger partial charge on any atom is -0.480 e. The van der Waals surface area contributed by atoms with Gasteiger partial charge < -0.3 is 20.1 Å². The van der Waals surface area contributed by atoms with E-state index < -0.39 is 6.09 Å². The number of carbonyl (C=O) groups is 4. The van der Waals surface area contributed by atoms with Gasteiger partial charge >= 0.3 is 6.09 Å². The van der Waals surface area contributed by atoms with Gasteiger partial charge in [0.05, 0.1) is 17.7 Å². The number of pyridine rings is 1. The summed E-state index contributed by atoms with van der Waals surface area (Å²) in [7, 11) is 0. The van der Waals surface area contributed by atoms with Gasteiger partial charge in [-0.05, 0) is 37.2 Å². The summed E-state index contributed by atoms with van der Waals surface area (Å²) < 4.78 is 10.7. The fraction of sp³-hybridized carbons (Fsp3) is 0.318. The van der Waals surface area contributed by atoms with Gasteiger partial charge in [0.25, 0.3) is 17.7 Å². The topological polar surface area (TPSA) is 130 Å². The standard InChI is InChI=1S/C22H21N5O6/c28-18-12-32-16-5-6-17(24-19(16)25-18)27-11-13(33-22(27)31)7-8-23-9-10-26-20(29)14-3-1-2-4-15(14)21(26)30/h1-6,13,23H,7-12H2,(H,24,25,28). The van der Waals surface area contributed by atoms with Crippen molar-refractivity contribution in [1.82, 2.24) is 15.2 Å². The largest absolute Gasteiger partial charge is 0.480 e. The van der Waals surface area contributed by atoms with Crippen LogP contribution in [0, 0.1) is 0 Å². The SMILES string of the molecule is O=C1COc2ccc(N3CC(CCNCCN4C(=O)c5ccccc5C4=O)OC3=O)nc2N1. The van der Waals surface area contributed by atoms with Crippen molar-refractivity contribution in [2.45, 2.75) is 12.5 Å². The number of aromatic nitrogens is 1. The minimum atomic E-state index is -0.512. The first kappa shape index (κ1) is 20.9. The Morgan fingerprint density at radius 3 is 2.55 bits per heavy atom. The zero-order valence-electron chi connectivity index (χ0n) is 17.6. The fourth-order valence-electron chi connectivity index (χ4n) is 3.98. The zero-order valence-corrected chi connectivity index (χ0v) is 17.6. The molecule has 1 aromatic carbocycles. The Kier molecular flexibility index (Phi) is 5.38. The number of nitrogens with zero attached hydrogens (tertiary/aromatic N) is 3. The molecular weight excluding hydrogens is 430 g/mol. The lowest BCUT2D eigenvalue weighted by molar-refractivity contribution is -0.118. The third-order valence-electron chi connectivity index (χ3n) is 5.64. The second-order valence-corrected chi connectivity index (χ2v) is 7.82. The maximum Gasteiger partial charge on any atom is 0.415 e. The van der Waals surface area contributed by atoms with Gasteiger partial charge in [0, 0.05) is 13.1 Å². The summed E-state index contributed by atoms with van der Waals surface area (Å²) in [5.41, 5.74) is 0.866. The quantitative estimate of drug-likeness (QED) is 0.471. The van der Waals surface area contributed by atoms with Gasteiger partial charge in [-0.3, -0.25) is 24.2 Å². The Morgan fingerprint density at radius 2 is 1.79 bits per heavy atom. The van der Waals surface area contributed by atoms with Crippen molar-refractivity contribution < 1.29 is 28.7 Å². The van der Waals surface area contributed by atoms with Crippen LogP contribution in [0.2, 0.25) is 0 Å². The molecule has 5 rings (SSSR count). The average molecular weight is 451 g/mol. The first-order chi connectivity index (χ1) is 16.0. The molecule has 2 aromatic rings. The molecule has 1 unspecified atom stereocenters. The van der Waals surface area contributed by atoms with Crippen molar-refractivity contribution in [3.8, 4) is 5.75 Å². The number of imide groups is 1.